The lowest BCUT2D eigenvalue weighted by molar-refractivity contribution is 0.0672. The number of carbonyl (C=O) groups excluding carboxylic acids is 1. The number of imidazole rings is 1. The summed E-state index contributed by atoms with van der Waals surface area (Å²) in [6, 6.07) is 4.88. The summed E-state index contributed by atoms with van der Waals surface area (Å²) in [6.45, 7) is 2.18. The van der Waals surface area contributed by atoms with Crippen molar-refractivity contribution in [3.63, 3.8) is 0 Å². The number of hydrogen-bond donors (Lipinski definition) is 0. The molecule has 0 aliphatic carbocycles. The molecule has 4 rings (SSSR count). The van der Waals surface area contributed by atoms with Crippen LogP contribution in [0.3, 0.4) is 0 Å². The van der Waals surface area contributed by atoms with Gasteiger partial charge in [0.15, 0.2) is 23.1 Å². The first-order chi connectivity index (χ1) is 13.1. The standard InChI is InChI=1S/C19H18F2N4O2/c20-15-2-1-14(9-16(15)21)18-10-17(23-27-18)19(26)25-6-3-13(4-7-25)11-24-8-5-22-12-24/h1-2,5,8-10,12-13H,3-4,6-7,11H2. The second-order valence-corrected chi connectivity index (χ2v) is 6.70. The maximum absolute atomic E-state index is 13.4. The molecule has 1 saturated heterocycles. The summed E-state index contributed by atoms with van der Waals surface area (Å²) in [5, 5.41) is 3.80. The van der Waals surface area contributed by atoms with Gasteiger partial charge in [-0.3, -0.25) is 4.79 Å². The quantitative estimate of drug-likeness (QED) is 0.704. The SMILES string of the molecule is O=C(c1cc(-c2ccc(F)c(F)c2)on1)N1CCC(Cn2ccnc2)CC1. The Morgan fingerprint density at radius 3 is 2.70 bits per heavy atom. The Morgan fingerprint density at radius 1 is 1.19 bits per heavy atom. The molecule has 0 saturated carbocycles. The third-order valence-electron chi connectivity index (χ3n) is 4.86. The molecule has 0 unspecified atom stereocenters. The van der Waals surface area contributed by atoms with E-state index in [1.54, 1.807) is 17.4 Å². The van der Waals surface area contributed by atoms with Crippen LogP contribution in [0.4, 0.5) is 8.78 Å². The Balaban J connectivity index is 1.39. The van der Waals surface area contributed by atoms with Crippen molar-refractivity contribution in [3.8, 4) is 11.3 Å². The number of aromatic nitrogens is 3. The third-order valence-corrected chi connectivity index (χ3v) is 4.86. The fourth-order valence-electron chi connectivity index (χ4n) is 3.33. The van der Waals surface area contributed by atoms with Gasteiger partial charge in [-0.05, 0) is 37.0 Å². The van der Waals surface area contributed by atoms with E-state index in [1.165, 1.54) is 12.1 Å². The molecule has 8 heteroatoms. The van der Waals surface area contributed by atoms with E-state index in [1.807, 2.05) is 10.8 Å². The van der Waals surface area contributed by atoms with E-state index in [0.717, 1.165) is 31.5 Å². The lowest BCUT2D eigenvalue weighted by Crippen LogP contribution is -2.39. The largest absolute Gasteiger partial charge is 0.355 e. The highest BCUT2D eigenvalue weighted by Gasteiger charge is 2.26. The van der Waals surface area contributed by atoms with Gasteiger partial charge in [0.05, 0.1) is 6.33 Å². The van der Waals surface area contributed by atoms with E-state index in [-0.39, 0.29) is 17.4 Å². The average Bonchev–Trinajstić information content (AvgIpc) is 3.36. The van der Waals surface area contributed by atoms with Gasteiger partial charge in [0.2, 0.25) is 0 Å². The number of benzene rings is 1. The van der Waals surface area contributed by atoms with Gasteiger partial charge in [-0.2, -0.15) is 0 Å². The molecule has 0 spiro atoms. The fourth-order valence-corrected chi connectivity index (χ4v) is 3.33. The summed E-state index contributed by atoms with van der Waals surface area (Å²) < 4.78 is 33.6. The van der Waals surface area contributed by atoms with Gasteiger partial charge in [0, 0.05) is 43.7 Å². The van der Waals surface area contributed by atoms with Gasteiger partial charge in [-0.1, -0.05) is 5.16 Å². The lowest BCUT2D eigenvalue weighted by atomic mass is 9.96. The minimum atomic E-state index is -0.975. The fraction of sp³-hybridized carbons (Fsp3) is 0.316. The highest BCUT2D eigenvalue weighted by molar-refractivity contribution is 5.93. The van der Waals surface area contributed by atoms with Crippen LogP contribution in [-0.2, 0) is 6.54 Å². The maximum Gasteiger partial charge on any atom is 0.276 e. The van der Waals surface area contributed by atoms with E-state index < -0.39 is 11.6 Å². The minimum Gasteiger partial charge on any atom is -0.355 e. The maximum atomic E-state index is 13.4. The topological polar surface area (TPSA) is 64.2 Å². The lowest BCUT2D eigenvalue weighted by Gasteiger charge is -2.31. The molecule has 1 aromatic carbocycles. The molecule has 1 amide bonds. The molecule has 27 heavy (non-hydrogen) atoms. The van der Waals surface area contributed by atoms with E-state index in [0.29, 0.717) is 24.6 Å². The van der Waals surface area contributed by atoms with Crippen LogP contribution < -0.4 is 0 Å². The zero-order valence-corrected chi connectivity index (χ0v) is 14.5. The molecule has 3 aromatic rings. The van der Waals surface area contributed by atoms with Crippen LogP contribution in [0.5, 0.6) is 0 Å². The summed E-state index contributed by atoms with van der Waals surface area (Å²) in [5.41, 5.74) is 0.502. The average molecular weight is 372 g/mol. The molecule has 0 atom stereocenters. The Hall–Kier alpha value is -3.03. The number of likely N-dealkylation sites (tertiary alicyclic amines) is 1. The van der Waals surface area contributed by atoms with Crippen molar-refractivity contribution < 1.29 is 18.1 Å². The van der Waals surface area contributed by atoms with Gasteiger partial charge in [0.25, 0.3) is 5.91 Å². The first-order valence-electron chi connectivity index (χ1n) is 8.77. The molecule has 0 bridgehead atoms. The van der Waals surface area contributed by atoms with E-state index >= 15 is 0 Å². The Morgan fingerprint density at radius 2 is 2.00 bits per heavy atom. The highest BCUT2D eigenvalue weighted by atomic mass is 19.2. The molecule has 1 fully saturated rings. The molecule has 3 heterocycles. The van der Waals surface area contributed by atoms with Crippen LogP contribution >= 0.6 is 0 Å². The van der Waals surface area contributed by atoms with Crippen molar-refractivity contribution in [2.24, 2.45) is 5.92 Å². The van der Waals surface area contributed by atoms with E-state index in [9.17, 15) is 13.6 Å². The minimum absolute atomic E-state index is 0.169. The molecular weight excluding hydrogens is 354 g/mol. The van der Waals surface area contributed by atoms with Crippen molar-refractivity contribution in [3.05, 3.63) is 60.3 Å². The Kier molecular flexibility index (Phi) is 4.70. The van der Waals surface area contributed by atoms with Crippen LogP contribution in [-0.4, -0.2) is 38.6 Å². The van der Waals surface area contributed by atoms with Gasteiger partial charge in [0.1, 0.15) is 0 Å². The van der Waals surface area contributed by atoms with Crippen LogP contribution in [0.2, 0.25) is 0 Å². The smallest absolute Gasteiger partial charge is 0.276 e. The summed E-state index contributed by atoms with van der Waals surface area (Å²) >= 11 is 0. The number of nitrogens with zero attached hydrogens (tertiary/aromatic N) is 4. The van der Waals surface area contributed by atoms with Crippen LogP contribution in [0, 0.1) is 17.6 Å². The van der Waals surface area contributed by atoms with Gasteiger partial charge >= 0.3 is 0 Å². The van der Waals surface area contributed by atoms with Gasteiger partial charge < -0.3 is 14.0 Å². The van der Waals surface area contributed by atoms with Crippen molar-refractivity contribution in [1.29, 1.82) is 0 Å². The van der Waals surface area contributed by atoms with Crippen LogP contribution in [0.25, 0.3) is 11.3 Å². The molecule has 6 nitrogen and oxygen atoms in total. The zero-order valence-electron chi connectivity index (χ0n) is 14.5. The summed E-state index contributed by atoms with van der Waals surface area (Å²) in [5.74, 6) is -1.40. The number of hydrogen-bond acceptors (Lipinski definition) is 4. The first kappa shape index (κ1) is 17.4. The first-order valence-corrected chi connectivity index (χ1v) is 8.77. The van der Waals surface area contributed by atoms with Gasteiger partial charge in [-0.15, -0.1) is 0 Å². The second kappa shape index (κ2) is 7.30. The Labute approximate surface area is 154 Å². The summed E-state index contributed by atoms with van der Waals surface area (Å²) in [7, 11) is 0. The molecular formula is C19H18F2N4O2. The van der Waals surface area contributed by atoms with Crippen LogP contribution in [0.15, 0.2) is 47.5 Å². The van der Waals surface area contributed by atoms with E-state index in [2.05, 4.69) is 10.1 Å². The molecule has 1 aliphatic heterocycles. The predicted octanol–water partition coefficient (Wildman–Crippen LogP) is 3.37. The molecule has 0 radical (unpaired) electrons. The normalized spacial score (nSPS) is 15.3. The number of piperidine rings is 1. The number of rotatable bonds is 4. The van der Waals surface area contributed by atoms with Crippen molar-refractivity contribution in [2.45, 2.75) is 19.4 Å². The Bertz CT molecular complexity index is 931. The predicted molar refractivity (Wildman–Crippen MR) is 92.7 cm³/mol. The van der Waals surface area contributed by atoms with Crippen molar-refractivity contribution in [1.82, 2.24) is 19.6 Å². The zero-order chi connectivity index (χ0) is 18.8. The molecule has 1 aliphatic rings. The summed E-state index contributed by atoms with van der Waals surface area (Å²) in [6.07, 6.45) is 7.29. The van der Waals surface area contributed by atoms with Crippen LogP contribution in [0.1, 0.15) is 23.3 Å². The van der Waals surface area contributed by atoms with E-state index in [4.69, 9.17) is 4.52 Å². The summed E-state index contributed by atoms with van der Waals surface area (Å²) in [4.78, 5) is 18.4. The third kappa shape index (κ3) is 3.74. The monoisotopic (exact) mass is 372 g/mol. The molecule has 0 N–H and O–H groups in total. The molecule has 140 valence electrons. The number of amides is 1. The second-order valence-electron chi connectivity index (χ2n) is 6.70. The van der Waals surface area contributed by atoms with Crippen molar-refractivity contribution >= 4 is 5.91 Å². The van der Waals surface area contributed by atoms with Gasteiger partial charge in [-0.25, -0.2) is 13.8 Å². The number of halogens is 2. The number of carbonyl (C=O) groups is 1. The highest BCUT2D eigenvalue weighted by Crippen LogP contribution is 2.25. The molecule has 2 aromatic heterocycles. The van der Waals surface area contributed by atoms with Crippen molar-refractivity contribution in [2.75, 3.05) is 13.1 Å².